The van der Waals surface area contributed by atoms with Crippen LogP contribution in [0, 0.1) is 18.7 Å². The highest BCUT2D eigenvalue weighted by Gasteiger charge is 2.60. The molecule has 1 saturated carbocycles. The molecule has 2 aromatic rings. The van der Waals surface area contributed by atoms with Crippen LogP contribution in [0.3, 0.4) is 0 Å². The second-order valence-electron chi connectivity index (χ2n) is 8.29. The van der Waals surface area contributed by atoms with Crippen molar-refractivity contribution in [2.75, 3.05) is 18.4 Å². The minimum atomic E-state index is -2.98. The van der Waals surface area contributed by atoms with Gasteiger partial charge in [0.15, 0.2) is 0 Å². The predicted octanol–water partition coefficient (Wildman–Crippen LogP) is 1.48. The van der Waals surface area contributed by atoms with E-state index in [9.17, 15) is 27.6 Å². The quantitative estimate of drug-likeness (QED) is 0.610. The molecule has 0 bridgehead atoms. The Morgan fingerprint density at radius 3 is 2.62 bits per heavy atom. The Labute approximate surface area is 180 Å². The first-order valence-electron chi connectivity index (χ1n) is 10.0. The largest absolute Gasteiger partial charge is 0.336 e. The van der Waals surface area contributed by atoms with Gasteiger partial charge in [0.05, 0.1) is 11.5 Å². The van der Waals surface area contributed by atoms with E-state index in [0.717, 1.165) is 0 Å². The van der Waals surface area contributed by atoms with Crippen LogP contribution in [-0.4, -0.2) is 57.0 Å². The second kappa shape index (κ2) is 7.92. The second-order valence-corrected chi connectivity index (χ2v) is 8.29. The number of amides is 3. The first-order valence-corrected chi connectivity index (χ1v) is 10.0. The average molecular weight is 450 g/mol. The third-order valence-electron chi connectivity index (χ3n) is 5.85. The van der Waals surface area contributed by atoms with Crippen molar-refractivity contribution in [2.24, 2.45) is 5.92 Å². The summed E-state index contributed by atoms with van der Waals surface area (Å²) in [6.07, 6.45) is 0.256. The van der Waals surface area contributed by atoms with Crippen molar-refractivity contribution in [3.05, 3.63) is 41.5 Å². The molecule has 2 heterocycles. The zero-order chi connectivity index (χ0) is 23.1. The van der Waals surface area contributed by atoms with Gasteiger partial charge in [0, 0.05) is 37.8 Å². The number of benzene rings is 1. The van der Waals surface area contributed by atoms with Crippen molar-refractivity contribution >= 4 is 23.4 Å². The molecule has 0 spiro atoms. The van der Waals surface area contributed by atoms with Crippen LogP contribution in [0.25, 0.3) is 0 Å². The lowest BCUT2D eigenvalue weighted by Gasteiger charge is -2.46. The molecule has 1 atom stereocenters. The van der Waals surface area contributed by atoms with Gasteiger partial charge in [-0.1, -0.05) is 5.21 Å². The number of aromatic nitrogens is 3. The molecule has 9 nitrogen and oxygen atoms in total. The molecular weight excluding hydrogens is 429 g/mol. The molecule has 1 aliphatic heterocycles. The number of nitrogens with one attached hydrogen (secondary N) is 3. The van der Waals surface area contributed by atoms with Crippen molar-refractivity contribution in [3.63, 3.8) is 0 Å². The molecule has 32 heavy (non-hydrogen) atoms. The van der Waals surface area contributed by atoms with Crippen LogP contribution in [-0.2, 0) is 19.9 Å². The maximum absolute atomic E-state index is 13.6. The number of alkyl halides is 2. The average Bonchev–Trinajstić information content (AvgIpc) is 3.41. The van der Waals surface area contributed by atoms with Crippen LogP contribution >= 0.6 is 0 Å². The van der Waals surface area contributed by atoms with Gasteiger partial charge in [0.25, 0.3) is 5.92 Å². The standard InChI is InChI=1S/C20H21F3N6O3/c1-11-6-13(2-3-14(11)21)25-16(30)12-4-5-29(8-12)18(32)17(31)26-19(9-20(22,23)10-19)15-7-24-28-27-15/h2-3,6-7,12H,4-5,8-10H2,1H3,(H,25,30)(H,26,31)(H,24,27,28)/t12-/m0/s1. The van der Waals surface area contributed by atoms with Gasteiger partial charge in [-0.15, -0.1) is 5.10 Å². The number of H-pyrrole nitrogens is 1. The molecular formula is C20H21F3N6O3. The van der Waals surface area contributed by atoms with Gasteiger partial charge in [0.2, 0.25) is 5.91 Å². The fourth-order valence-electron chi connectivity index (χ4n) is 4.14. The van der Waals surface area contributed by atoms with E-state index in [0.29, 0.717) is 17.7 Å². The summed E-state index contributed by atoms with van der Waals surface area (Å²) in [6.45, 7) is 1.74. The summed E-state index contributed by atoms with van der Waals surface area (Å²) in [4.78, 5) is 38.9. The summed E-state index contributed by atoms with van der Waals surface area (Å²) < 4.78 is 40.5. The van der Waals surface area contributed by atoms with Crippen molar-refractivity contribution in [3.8, 4) is 0 Å². The number of aryl methyl sites for hydroxylation is 1. The molecule has 1 aromatic heterocycles. The van der Waals surface area contributed by atoms with Crippen molar-refractivity contribution in [1.29, 1.82) is 0 Å². The third-order valence-corrected chi connectivity index (χ3v) is 5.85. The number of carbonyl (C=O) groups excluding carboxylic acids is 3. The molecule has 0 radical (unpaired) electrons. The van der Waals surface area contributed by atoms with E-state index < -0.39 is 42.0 Å². The zero-order valence-corrected chi connectivity index (χ0v) is 17.1. The van der Waals surface area contributed by atoms with E-state index in [1.807, 2.05) is 0 Å². The lowest BCUT2D eigenvalue weighted by Crippen LogP contribution is -2.62. The lowest BCUT2D eigenvalue weighted by molar-refractivity contribution is -0.159. The number of carbonyl (C=O) groups is 3. The van der Waals surface area contributed by atoms with Crippen LogP contribution in [0.1, 0.15) is 30.5 Å². The highest BCUT2D eigenvalue weighted by Crippen LogP contribution is 2.50. The number of likely N-dealkylation sites (tertiary alicyclic amines) is 1. The normalized spacial score (nSPS) is 21.0. The number of halogens is 3. The van der Waals surface area contributed by atoms with Crippen molar-refractivity contribution < 1.29 is 27.6 Å². The number of anilines is 1. The van der Waals surface area contributed by atoms with Crippen LogP contribution in [0.5, 0.6) is 0 Å². The molecule has 1 saturated heterocycles. The molecule has 170 valence electrons. The molecule has 3 N–H and O–H groups in total. The molecule has 2 fully saturated rings. The Bertz CT molecular complexity index is 1050. The summed E-state index contributed by atoms with van der Waals surface area (Å²) in [5.74, 6) is -6.24. The third kappa shape index (κ3) is 4.16. The lowest BCUT2D eigenvalue weighted by atomic mass is 9.71. The van der Waals surface area contributed by atoms with Gasteiger partial charge in [-0.25, -0.2) is 13.2 Å². The smallest absolute Gasteiger partial charge is 0.311 e. The fraction of sp³-hybridized carbons (Fsp3) is 0.450. The Balaban J connectivity index is 1.36. The molecule has 0 unspecified atom stereocenters. The summed E-state index contributed by atoms with van der Waals surface area (Å²) >= 11 is 0. The molecule has 2 aliphatic rings. The Morgan fingerprint density at radius 2 is 2.00 bits per heavy atom. The fourth-order valence-corrected chi connectivity index (χ4v) is 4.14. The van der Waals surface area contributed by atoms with Crippen LogP contribution < -0.4 is 10.6 Å². The number of hydrogen-bond donors (Lipinski definition) is 3. The molecule has 1 aliphatic carbocycles. The van der Waals surface area contributed by atoms with Gasteiger partial charge >= 0.3 is 11.8 Å². The van der Waals surface area contributed by atoms with E-state index in [1.165, 1.54) is 29.3 Å². The Hall–Kier alpha value is -3.44. The van der Waals surface area contributed by atoms with E-state index in [1.54, 1.807) is 6.92 Å². The maximum Gasteiger partial charge on any atom is 0.311 e. The molecule has 4 rings (SSSR count). The summed E-state index contributed by atoms with van der Waals surface area (Å²) in [7, 11) is 0. The minimum Gasteiger partial charge on any atom is -0.336 e. The first kappa shape index (κ1) is 21.8. The molecule has 1 aromatic carbocycles. The minimum absolute atomic E-state index is 0.00534. The van der Waals surface area contributed by atoms with Gasteiger partial charge in [0.1, 0.15) is 11.5 Å². The van der Waals surface area contributed by atoms with Gasteiger partial charge in [-0.3, -0.25) is 19.5 Å². The molecule has 12 heteroatoms. The summed E-state index contributed by atoms with van der Waals surface area (Å²) in [5.41, 5.74) is -0.541. The maximum atomic E-state index is 13.6. The van der Waals surface area contributed by atoms with Crippen LogP contribution in [0.4, 0.5) is 18.9 Å². The SMILES string of the molecule is Cc1cc(NC(=O)[C@H]2CCN(C(=O)C(=O)NC3(c4c[nH]nn4)CC(F)(F)C3)C2)ccc1F. The highest BCUT2D eigenvalue weighted by molar-refractivity contribution is 6.35. The Morgan fingerprint density at radius 1 is 1.25 bits per heavy atom. The predicted molar refractivity (Wildman–Crippen MR) is 105 cm³/mol. The van der Waals surface area contributed by atoms with E-state index in [2.05, 4.69) is 26.0 Å². The topological polar surface area (TPSA) is 120 Å². The van der Waals surface area contributed by atoms with Crippen molar-refractivity contribution in [1.82, 2.24) is 25.6 Å². The number of nitrogens with zero attached hydrogens (tertiary/aromatic N) is 3. The van der Waals surface area contributed by atoms with E-state index in [-0.39, 0.29) is 30.5 Å². The van der Waals surface area contributed by atoms with Gasteiger partial charge < -0.3 is 15.5 Å². The van der Waals surface area contributed by atoms with Crippen LogP contribution in [0.15, 0.2) is 24.4 Å². The number of rotatable bonds is 4. The van der Waals surface area contributed by atoms with Crippen molar-refractivity contribution in [2.45, 2.75) is 37.6 Å². The number of aromatic amines is 1. The van der Waals surface area contributed by atoms with Gasteiger partial charge in [-0.05, 0) is 37.1 Å². The summed E-state index contributed by atoms with van der Waals surface area (Å²) in [6, 6.07) is 4.17. The van der Waals surface area contributed by atoms with Crippen LogP contribution in [0.2, 0.25) is 0 Å². The van der Waals surface area contributed by atoms with E-state index >= 15 is 0 Å². The molecule has 3 amide bonds. The summed E-state index contributed by atoms with van der Waals surface area (Å²) in [5, 5.41) is 14.7. The van der Waals surface area contributed by atoms with Gasteiger partial charge in [-0.2, -0.15) is 0 Å². The zero-order valence-electron chi connectivity index (χ0n) is 17.1. The Kier molecular flexibility index (Phi) is 5.39. The monoisotopic (exact) mass is 450 g/mol. The highest BCUT2D eigenvalue weighted by atomic mass is 19.3. The number of hydrogen-bond acceptors (Lipinski definition) is 5. The first-order chi connectivity index (χ1) is 15.1. The van der Waals surface area contributed by atoms with E-state index in [4.69, 9.17) is 0 Å².